The van der Waals surface area contributed by atoms with Gasteiger partial charge in [0, 0.05) is 12.8 Å². The van der Waals surface area contributed by atoms with Gasteiger partial charge in [-0.2, -0.15) is 0 Å². The van der Waals surface area contributed by atoms with Crippen LogP contribution in [0.4, 0.5) is 0 Å². The molecule has 2 atom stereocenters. The standard InChI is InChI=1S/C59H111NO5/c1-3-5-7-9-11-13-14-29-33-37-41-45-49-53-59(64)65-54-50-46-42-38-34-31-28-26-24-22-20-18-16-15-17-19-21-23-25-27-30-32-36-40-44-48-52-58(63)60-56(55-61)57(62)51-47-43-39-35-12-10-8-6-4-2/h13-15,17,47,51,56-57,61-62H,3-12,16,18-46,48-50,52-55H2,1-2H3,(H,60,63)/b14-13-,17-15-,51-47+. The van der Waals surface area contributed by atoms with Crippen molar-refractivity contribution in [3.8, 4) is 0 Å². The molecular formula is C59H111NO5. The minimum atomic E-state index is -0.843. The van der Waals surface area contributed by atoms with Crippen LogP contribution in [0.2, 0.25) is 0 Å². The first-order valence-corrected chi connectivity index (χ1v) is 28.8. The molecule has 0 heterocycles. The Morgan fingerprint density at radius 1 is 0.415 bits per heavy atom. The molecule has 382 valence electrons. The lowest BCUT2D eigenvalue weighted by Crippen LogP contribution is -2.45. The molecule has 0 saturated heterocycles. The first kappa shape index (κ1) is 63.1. The van der Waals surface area contributed by atoms with Gasteiger partial charge in [-0.15, -0.1) is 0 Å². The summed E-state index contributed by atoms with van der Waals surface area (Å²) in [5.41, 5.74) is 0. The molecule has 0 aliphatic carbocycles. The van der Waals surface area contributed by atoms with Crippen molar-refractivity contribution in [2.24, 2.45) is 0 Å². The van der Waals surface area contributed by atoms with Crippen LogP contribution in [-0.4, -0.2) is 47.4 Å². The number of aliphatic hydroxyl groups excluding tert-OH is 2. The molecule has 0 saturated carbocycles. The van der Waals surface area contributed by atoms with Gasteiger partial charge in [0.1, 0.15) is 0 Å². The Hall–Kier alpha value is -1.92. The number of ether oxygens (including phenoxy) is 1. The van der Waals surface area contributed by atoms with Gasteiger partial charge in [-0.05, 0) is 83.5 Å². The van der Waals surface area contributed by atoms with Crippen molar-refractivity contribution in [2.75, 3.05) is 13.2 Å². The number of hydrogen-bond acceptors (Lipinski definition) is 5. The summed E-state index contributed by atoms with van der Waals surface area (Å²) in [6.45, 7) is 4.86. The van der Waals surface area contributed by atoms with Crippen molar-refractivity contribution in [3.05, 3.63) is 36.5 Å². The second-order valence-corrected chi connectivity index (χ2v) is 19.6. The Labute approximate surface area is 404 Å². The normalized spacial score (nSPS) is 12.9. The van der Waals surface area contributed by atoms with Crippen molar-refractivity contribution in [1.29, 1.82) is 0 Å². The van der Waals surface area contributed by atoms with Crippen LogP contribution in [0.5, 0.6) is 0 Å². The van der Waals surface area contributed by atoms with E-state index in [2.05, 4.69) is 43.5 Å². The number of amides is 1. The lowest BCUT2D eigenvalue weighted by molar-refractivity contribution is -0.143. The van der Waals surface area contributed by atoms with Crippen LogP contribution in [0.25, 0.3) is 0 Å². The second kappa shape index (κ2) is 54.7. The molecule has 6 nitrogen and oxygen atoms in total. The molecule has 3 N–H and O–H groups in total. The molecule has 0 aliphatic rings. The van der Waals surface area contributed by atoms with E-state index in [1.165, 1.54) is 231 Å². The van der Waals surface area contributed by atoms with E-state index in [1.54, 1.807) is 6.08 Å². The number of esters is 1. The predicted molar refractivity (Wildman–Crippen MR) is 283 cm³/mol. The Kier molecular flexibility index (Phi) is 53.1. The molecule has 0 aliphatic heterocycles. The molecule has 0 spiro atoms. The third-order valence-corrected chi connectivity index (χ3v) is 13.1. The number of rotatable bonds is 53. The summed E-state index contributed by atoms with van der Waals surface area (Å²) in [6, 6.07) is -0.627. The van der Waals surface area contributed by atoms with E-state index >= 15 is 0 Å². The molecule has 1 amide bonds. The quantitative estimate of drug-likeness (QED) is 0.0321. The van der Waals surface area contributed by atoms with Gasteiger partial charge in [-0.25, -0.2) is 0 Å². The highest BCUT2D eigenvalue weighted by molar-refractivity contribution is 5.76. The maximum Gasteiger partial charge on any atom is 0.305 e. The summed E-state index contributed by atoms with van der Waals surface area (Å²) >= 11 is 0. The van der Waals surface area contributed by atoms with Gasteiger partial charge in [0.25, 0.3) is 0 Å². The van der Waals surface area contributed by atoms with Gasteiger partial charge >= 0.3 is 5.97 Å². The summed E-state index contributed by atoms with van der Waals surface area (Å²) in [6.07, 6.45) is 67.6. The SMILES string of the molecule is CCCCCC/C=C\CCCCCCCC(=O)OCCCCCCCCCCCCCC/C=C\CCCCCCCCCCCCC(=O)NC(CO)C(O)/C=C/CCCCCCCCC. The highest BCUT2D eigenvalue weighted by Gasteiger charge is 2.18. The largest absolute Gasteiger partial charge is 0.466 e. The van der Waals surface area contributed by atoms with Crippen LogP contribution < -0.4 is 5.32 Å². The Morgan fingerprint density at radius 3 is 1.11 bits per heavy atom. The highest BCUT2D eigenvalue weighted by atomic mass is 16.5. The summed E-state index contributed by atoms with van der Waals surface area (Å²) in [4.78, 5) is 24.4. The molecule has 0 bridgehead atoms. The van der Waals surface area contributed by atoms with E-state index in [1.807, 2.05) is 6.08 Å². The number of carbonyl (C=O) groups is 2. The van der Waals surface area contributed by atoms with Gasteiger partial charge in [-0.3, -0.25) is 9.59 Å². The molecule has 0 rings (SSSR count). The van der Waals surface area contributed by atoms with E-state index in [0.717, 1.165) is 44.9 Å². The number of aliphatic hydroxyl groups is 2. The minimum Gasteiger partial charge on any atom is -0.466 e. The summed E-state index contributed by atoms with van der Waals surface area (Å²) in [7, 11) is 0. The van der Waals surface area contributed by atoms with Crippen molar-refractivity contribution in [3.63, 3.8) is 0 Å². The number of hydrogen-bond donors (Lipinski definition) is 3. The smallest absolute Gasteiger partial charge is 0.305 e. The molecule has 0 fully saturated rings. The number of allylic oxidation sites excluding steroid dienone is 5. The van der Waals surface area contributed by atoms with Gasteiger partial charge < -0.3 is 20.3 Å². The lowest BCUT2D eigenvalue weighted by Gasteiger charge is -2.20. The van der Waals surface area contributed by atoms with Gasteiger partial charge in [0.2, 0.25) is 5.91 Å². The average Bonchev–Trinajstić information content (AvgIpc) is 3.31. The van der Waals surface area contributed by atoms with Crippen LogP contribution in [0.3, 0.4) is 0 Å². The van der Waals surface area contributed by atoms with Crippen LogP contribution in [0.1, 0.15) is 303 Å². The Balaban J connectivity index is 3.38. The van der Waals surface area contributed by atoms with Crippen LogP contribution in [0.15, 0.2) is 36.5 Å². The second-order valence-electron chi connectivity index (χ2n) is 19.6. The molecule has 0 aromatic carbocycles. The molecule has 65 heavy (non-hydrogen) atoms. The van der Waals surface area contributed by atoms with Crippen LogP contribution in [0, 0.1) is 0 Å². The van der Waals surface area contributed by atoms with E-state index in [4.69, 9.17) is 4.74 Å². The molecule has 0 aromatic rings. The lowest BCUT2D eigenvalue weighted by atomic mass is 10.0. The number of carbonyl (C=O) groups excluding carboxylic acids is 2. The van der Waals surface area contributed by atoms with E-state index in [9.17, 15) is 19.8 Å². The Bertz CT molecular complexity index is 1060. The molecular weight excluding hydrogens is 803 g/mol. The maximum atomic E-state index is 12.4. The molecule has 0 aromatic heterocycles. The maximum absolute atomic E-state index is 12.4. The van der Waals surface area contributed by atoms with E-state index < -0.39 is 12.1 Å². The van der Waals surface area contributed by atoms with Crippen molar-refractivity contribution >= 4 is 11.9 Å². The van der Waals surface area contributed by atoms with Crippen molar-refractivity contribution in [1.82, 2.24) is 5.32 Å². The molecule has 0 radical (unpaired) electrons. The fourth-order valence-corrected chi connectivity index (χ4v) is 8.68. The van der Waals surface area contributed by atoms with Gasteiger partial charge in [0.05, 0.1) is 25.4 Å². The summed E-state index contributed by atoms with van der Waals surface area (Å²) in [5.74, 6) is -0.0686. The van der Waals surface area contributed by atoms with Crippen molar-refractivity contribution in [2.45, 2.75) is 315 Å². The fraction of sp³-hybridized carbons (Fsp3) is 0.864. The first-order chi connectivity index (χ1) is 32.0. The molecule has 2 unspecified atom stereocenters. The number of unbranched alkanes of at least 4 members (excludes halogenated alkanes) is 38. The van der Waals surface area contributed by atoms with E-state index in [0.29, 0.717) is 19.4 Å². The van der Waals surface area contributed by atoms with Crippen LogP contribution >= 0.6 is 0 Å². The summed E-state index contributed by atoms with van der Waals surface area (Å²) in [5, 5.41) is 22.9. The zero-order chi connectivity index (χ0) is 47.2. The first-order valence-electron chi connectivity index (χ1n) is 28.8. The van der Waals surface area contributed by atoms with Crippen molar-refractivity contribution < 1.29 is 24.5 Å². The predicted octanol–water partition coefficient (Wildman–Crippen LogP) is 17.6. The average molecular weight is 915 g/mol. The van der Waals surface area contributed by atoms with Crippen LogP contribution in [-0.2, 0) is 14.3 Å². The Morgan fingerprint density at radius 2 is 0.723 bits per heavy atom. The number of nitrogens with one attached hydrogen (secondary N) is 1. The summed E-state index contributed by atoms with van der Waals surface area (Å²) < 4.78 is 5.47. The zero-order valence-corrected chi connectivity index (χ0v) is 43.5. The zero-order valence-electron chi connectivity index (χ0n) is 43.5. The van der Waals surface area contributed by atoms with E-state index in [-0.39, 0.29) is 18.5 Å². The third-order valence-electron chi connectivity index (χ3n) is 13.1. The third kappa shape index (κ3) is 51.3. The topological polar surface area (TPSA) is 95.9 Å². The van der Waals surface area contributed by atoms with Gasteiger partial charge in [-0.1, -0.05) is 243 Å². The fourth-order valence-electron chi connectivity index (χ4n) is 8.68. The monoisotopic (exact) mass is 914 g/mol. The van der Waals surface area contributed by atoms with Gasteiger partial charge in [0.15, 0.2) is 0 Å². The highest BCUT2D eigenvalue weighted by Crippen LogP contribution is 2.16. The minimum absolute atomic E-state index is 0.00412. The molecule has 6 heteroatoms.